The van der Waals surface area contributed by atoms with E-state index < -0.39 is 0 Å². The molecule has 7 atom stereocenters. The fourth-order valence-corrected chi connectivity index (χ4v) is 7.50. The molecule has 0 heterocycles. The van der Waals surface area contributed by atoms with Gasteiger partial charge in [0.05, 0.1) is 6.10 Å². The molecule has 3 rings (SSSR count). The van der Waals surface area contributed by atoms with Crippen LogP contribution in [0.15, 0.2) is 11.6 Å². The Balaban J connectivity index is 1.57. The van der Waals surface area contributed by atoms with Crippen LogP contribution < -0.4 is 0 Å². The van der Waals surface area contributed by atoms with E-state index in [0.29, 0.717) is 5.41 Å². The zero-order chi connectivity index (χ0) is 21.0. The summed E-state index contributed by atoms with van der Waals surface area (Å²) in [6.07, 6.45) is 19.9. The maximum absolute atomic E-state index is 10.2. The molecule has 1 N–H and O–H groups in total. The minimum atomic E-state index is -0.0761. The molecule has 2 saturated carbocycles. The Morgan fingerprint density at radius 2 is 1.90 bits per heavy atom. The van der Waals surface area contributed by atoms with Gasteiger partial charge in [0.2, 0.25) is 0 Å². The van der Waals surface area contributed by atoms with Crippen LogP contribution >= 0.6 is 0 Å². The van der Waals surface area contributed by atoms with E-state index in [1.165, 1.54) is 70.6 Å². The van der Waals surface area contributed by atoms with Crippen molar-refractivity contribution < 1.29 is 5.11 Å². The summed E-state index contributed by atoms with van der Waals surface area (Å²) in [5.41, 5.74) is 2.01. The van der Waals surface area contributed by atoms with Gasteiger partial charge in [-0.2, -0.15) is 0 Å². The van der Waals surface area contributed by atoms with Gasteiger partial charge in [-0.25, -0.2) is 0 Å². The molecule has 0 aromatic carbocycles. The van der Waals surface area contributed by atoms with E-state index in [0.717, 1.165) is 48.3 Å². The van der Waals surface area contributed by atoms with Crippen LogP contribution in [0.1, 0.15) is 118 Å². The predicted molar refractivity (Wildman–Crippen MR) is 126 cm³/mol. The van der Waals surface area contributed by atoms with E-state index in [4.69, 9.17) is 0 Å². The van der Waals surface area contributed by atoms with Gasteiger partial charge in [0, 0.05) is 0 Å². The Kier molecular flexibility index (Phi) is 8.33. The Labute approximate surface area is 182 Å². The van der Waals surface area contributed by atoms with E-state index in [1.54, 1.807) is 5.57 Å². The van der Waals surface area contributed by atoms with Crippen LogP contribution in [0.4, 0.5) is 0 Å². The van der Waals surface area contributed by atoms with Crippen molar-refractivity contribution in [1.82, 2.24) is 0 Å². The minimum Gasteiger partial charge on any atom is -0.393 e. The summed E-state index contributed by atoms with van der Waals surface area (Å²) >= 11 is 0. The van der Waals surface area contributed by atoms with Crippen LogP contribution in [-0.2, 0) is 0 Å². The number of hydrogen-bond acceptors (Lipinski definition) is 1. The highest BCUT2D eigenvalue weighted by Gasteiger charge is 2.49. The van der Waals surface area contributed by atoms with Crippen molar-refractivity contribution in [2.24, 2.45) is 40.9 Å². The van der Waals surface area contributed by atoms with Gasteiger partial charge in [-0.05, 0) is 85.9 Å². The second kappa shape index (κ2) is 10.3. The Morgan fingerprint density at radius 1 is 1.10 bits per heavy atom. The highest BCUT2D eigenvalue weighted by atomic mass is 16.3. The van der Waals surface area contributed by atoms with Crippen molar-refractivity contribution in [2.75, 3.05) is 0 Å². The SMILES string of the molecule is CC[C@H](CC[C@@H]1CCC[C@H]2[C@H]1CC=C1C[C@@H](O)CC[C@@]12C)[C@H](C)CCCC(C)C. The van der Waals surface area contributed by atoms with Crippen LogP contribution in [0.2, 0.25) is 0 Å². The van der Waals surface area contributed by atoms with Gasteiger partial charge in [-0.1, -0.05) is 84.8 Å². The van der Waals surface area contributed by atoms with Gasteiger partial charge >= 0.3 is 0 Å². The van der Waals surface area contributed by atoms with Gasteiger partial charge in [0.1, 0.15) is 0 Å². The Hall–Kier alpha value is -0.300. The molecule has 1 nitrogen and oxygen atoms in total. The first-order valence-electron chi connectivity index (χ1n) is 13.2. The Bertz CT molecular complexity index is 534. The Morgan fingerprint density at radius 3 is 2.62 bits per heavy atom. The highest BCUT2D eigenvalue weighted by Crippen LogP contribution is 2.58. The first-order valence-corrected chi connectivity index (χ1v) is 13.2. The number of allylic oxidation sites excluding steroid dienone is 1. The number of fused-ring (bicyclic) bond motifs is 3. The van der Waals surface area contributed by atoms with Gasteiger partial charge < -0.3 is 5.11 Å². The van der Waals surface area contributed by atoms with E-state index in [1.807, 2.05) is 0 Å². The van der Waals surface area contributed by atoms with Crippen LogP contribution in [-0.4, -0.2) is 11.2 Å². The molecule has 0 aromatic rings. The molecule has 0 bridgehead atoms. The lowest BCUT2D eigenvalue weighted by Gasteiger charge is -2.54. The zero-order valence-corrected chi connectivity index (χ0v) is 20.3. The minimum absolute atomic E-state index is 0.0761. The monoisotopic (exact) mass is 402 g/mol. The summed E-state index contributed by atoms with van der Waals surface area (Å²) in [7, 11) is 0. The normalized spacial score (nSPS) is 36.9. The zero-order valence-electron chi connectivity index (χ0n) is 20.3. The van der Waals surface area contributed by atoms with Gasteiger partial charge in [0.25, 0.3) is 0 Å². The average Bonchev–Trinajstić information content (AvgIpc) is 2.69. The van der Waals surface area contributed by atoms with Crippen molar-refractivity contribution in [3.8, 4) is 0 Å². The smallest absolute Gasteiger partial charge is 0.0577 e. The summed E-state index contributed by atoms with van der Waals surface area (Å²) < 4.78 is 0. The highest BCUT2D eigenvalue weighted by molar-refractivity contribution is 5.24. The van der Waals surface area contributed by atoms with Crippen molar-refractivity contribution in [1.29, 1.82) is 0 Å². The predicted octanol–water partition coefficient (Wildman–Crippen LogP) is 8.17. The molecule has 3 aliphatic rings. The van der Waals surface area contributed by atoms with Crippen molar-refractivity contribution in [2.45, 2.75) is 124 Å². The lowest BCUT2D eigenvalue weighted by molar-refractivity contribution is 0.00440. The average molecular weight is 403 g/mol. The molecule has 0 spiro atoms. The van der Waals surface area contributed by atoms with Crippen molar-refractivity contribution >= 4 is 0 Å². The second-order valence-corrected chi connectivity index (χ2v) is 11.8. The molecule has 3 aliphatic carbocycles. The quantitative estimate of drug-likeness (QED) is 0.385. The number of aliphatic hydroxyl groups excluding tert-OH is 1. The number of aliphatic hydroxyl groups is 1. The fourth-order valence-electron chi connectivity index (χ4n) is 7.50. The molecule has 0 aromatic heterocycles. The summed E-state index contributed by atoms with van der Waals surface area (Å²) in [6, 6.07) is 0. The second-order valence-electron chi connectivity index (χ2n) is 11.8. The van der Waals surface area contributed by atoms with Gasteiger partial charge in [0.15, 0.2) is 0 Å². The van der Waals surface area contributed by atoms with Crippen molar-refractivity contribution in [3.63, 3.8) is 0 Å². The first kappa shape index (κ1) is 23.4. The molecule has 0 amide bonds. The van der Waals surface area contributed by atoms with E-state index >= 15 is 0 Å². The van der Waals surface area contributed by atoms with E-state index in [-0.39, 0.29) is 6.10 Å². The molecular formula is C28H50O. The van der Waals surface area contributed by atoms with Gasteiger partial charge in [-0.3, -0.25) is 0 Å². The van der Waals surface area contributed by atoms with Crippen molar-refractivity contribution in [3.05, 3.63) is 11.6 Å². The third-order valence-corrected chi connectivity index (χ3v) is 9.53. The third-order valence-electron chi connectivity index (χ3n) is 9.53. The molecule has 1 heteroatoms. The van der Waals surface area contributed by atoms with Crippen LogP contribution in [0.5, 0.6) is 0 Å². The summed E-state index contributed by atoms with van der Waals surface area (Å²) in [5.74, 6) is 5.44. The topological polar surface area (TPSA) is 20.2 Å². The summed E-state index contributed by atoms with van der Waals surface area (Å²) in [5, 5.41) is 10.2. The molecule has 0 saturated heterocycles. The fraction of sp³-hybridized carbons (Fsp3) is 0.929. The lowest BCUT2D eigenvalue weighted by Crippen LogP contribution is -2.45. The van der Waals surface area contributed by atoms with Crippen LogP contribution in [0, 0.1) is 40.9 Å². The molecule has 29 heavy (non-hydrogen) atoms. The molecule has 2 fully saturated rings. The number of hydrogen-bond donors (Lipinski definition) is 1. The lowest BCUT2D eigenvalue weighted by atomic mass is 9.51. The summed E-state index contributed by atoms with van der Waals surface area (Å²) in [6.45, 7) is 12.2. The molecule has 0 radical (unpaired) electrons. The first-order chi connectivity index (χ1) is 13.8. The maximum atomic E-state index is 10.2. The van der Waals surface area contributed by atoms with Crippen LogP contribution in [0.25, 0.3) is 0 Å². The maximum Gasteiger partial charge on any atom is 0.0577 e. The number of rotatable bonds is 9. The van der Waals surface area contributed by atoms with E-state index in [9.17, 15) is 5.11 Å². The molecule has 168 valence electrons. The largest absolute Gasteiger partial charge is 0.393 e. The summed E-state index contributed by atoms with van der Waals surface area (Å²) in [4.78, 5) is 0. The van der Waals surface area contributed by atoms with E-state index in [2.05, 4.69) is 40.7 Å². The van der Waals surface area contributed by atoms with Gasteiger partial charge in [-0.15, -0.1) is 0 Å². The molecule has 0 unspecified atom stereocenters. The third kappa shape index (κ3) is 5.50. The molecular weight excluding hydrogens is 352 g/mol. The standard InChI is InChI=1S/C28H50O/c1-6-22(21(4)10-7-9-20(2)3)13-14-23-11-8-12-27-26(23)16-15-24-19-25(29)17-18-28(24,27)5/h15,20-23,25-27,29H,6-14,16-19H2,1-5H3/t21-,22-,23+,25+,26+,27+,28+/m1/s1. The molecule has 0 aliphatic heterocycles. The van der Waals surface area contributed by atoms with Crippen LogP contribution in [0.3, 0.4) is 0 Å².